The fraction of sp³-hybridized carbons (Fsp3) is 0.308. The third-order valence-corrected chi connectivity index (χ3v) is 2.95. The number of ether oxygens (including phenoxy) is 3. The standard InChI is InChI=1S/C13H12FN3O4/c1-2-20-13(18)11-10(15-17-16-11)9-4-8(14)3-7-5-19-6-21-12(7)9/h3-4H,2,5-6H2,1H3,(H,15,16,17). The molecule has 1 aromatic heterocycles. The highest BCUT2D eigenvalue weighted by Crippen LogP contribution is 2.36. The van der Waals surface area contributed by atoms with Crippen molar-refractivity contribution in [2.75, 3.05) is 13.4 Å². The molecule has 1 aliphatic rings. The highest BCUT2D eigenvalue weighted by Gasteiger charge is 2.25. The normalized spacial score (nSPS) is 13.4. The van der Waals surface area contributed by atoms with Gasteiger partial charge in [0.15, 0.2) is 12.5 Å². The molecule has 1 aliphatic heterocycles. The molecule has 2 heterocycles. The molecule has 0 saturated carbocycles. The van der Waals surface area contributed by atoms with E-state index in [0.717, 1.165) is 0 Å². The van der Waals surface area contributed by atoms with Crippen LogP contribution in [-0.2, 0) is 16.1 Å². The Hall–Kier alpha value is -2.48. The largest absolute Gasteiger partial charge is 0.466 e. The van der Waals surface area contributed by atoms with E-state index >= 15 is 0 Å². The predicted octanol–water partition coefficient (Wildman–Crippen LogP) is 1.65. The fourth-order valence-corrected chi connectivity index (χ4v) is 2.12. The van der Waals surface area contributed by atoms with Crippen molar-refractivity contribution in [3.05, 3.63) is 29.2 Å². The summed E-state index contributed by atoms with van der Waals surface area (Å²) in [5.41, 5.74) is 1.06. The van der Waals surface area contributed by atoms with Gasteiger partial charge in [0.2, 0.25) is 0 Å². The Balaban J connectivity index is 2.11. The van der Waals surface area contributed by atoms with Gasteiger partial charge in [-0.1, -0.05) is 0 Å². The van der Waals surface area contributed by atoms with Crippen molar-refractivity contribution in [1.82, 2.24) is 15.4 Å². The minimum Gasteiger partial charge on any atom is -0.466 e. The van der Waals surface area contributed by atoms with Crippen molar-refractivity contribution in [3.8, 4) is 17.0 Å². The number of benzene rings is 1. The van der Waals surface area contributed by atoms with Crippen molar-refractivity contribution in [3.63, 3.8) is 0 Å². The van der Waals surface area contributed by atoms with Crippen molar-refractivity contribution in [2.24, 2.45) is 0 Å². The van der Waals surface area contributed by atoms with E-state index in [0.29, 0.717) is 16.9 Å². The van der Waals surface area contributed by atoms with E-state index in [9.17, 15) is 9.18 Å². The zero-order valence-electron chi connectivity index (χ0n) is 11.2. The zero-order chi connectivity index (χ0) is 14.8. The molecule has 0 aliphatic carbocycles. The lowest BCUT2D eigenvalue weighted by atomic mass is 10.0. The summed E-state index contributed by atoms with van der Waals surface area (Å²) in [6.07, 6.45) is 0. The molecule has 0 bridgehead atoms. The number of esters is 1. The minimum atomic E-state index is -0.633. The summed E-state index contributed by atoms with van der Waals surface area (Å²) in [7, 11) is 0. The summed E-state index contributed by atoms with van der Waals surface area (Å²) in [6, 6.07) is 2.56. The molecule has 0 spiro atoms. The summed E-state index contributed by atoms with van der Waals surface area (Å²) in [6.45, 7) is 2.17. The number of nitrogens with zero attached hydrogens (tertiary/aromatic N) is 2. The quantitative estimate of drug-likeness (QED) is 0.866. The molecule has 0 saturated heterocycles. The van der Waals surface area contributed by atoms with Crippen LogP contribution in [0, 0.1) is 5.82 Å². The van der Waals surface area contributed by atoms with Gasteiger partial charge in [-0.3, -0.25) is 0 Å². The SMILES string of the molecule is CCOC(=O)c1n[nH]nc1-c1cc(F)cc2c1OCOC2. The van der Waals surface area contributed by atoms with Crippen LogP contribution in [0.15, 0.2) is 12.1 Å². The zero-order valence-corrected chi connectivity index (χ0v) is 11.2. The number of nitrogens with one attached hydrogen (secondary N) is 1. The molecular weight excluding hydrogens is 281 g/mol. The number of carbonyl (C=O) groups excluding carboxylic acids is 1. The Morgan fingerprint density at radius 1 is 1.48 bits per heavy atom. The monoisotopic (exact) mass is 293 g/mol. The van der Waals surface area contributed by atoms with Crippen LogP contribution in [0.3, 0.4) is 0 Å². The van der Waals surface area contributed by atoms with Crippen LogP contribution >= 0.6 is 0 Å². The molecule has 1 aromatic carbocycles. The van der Waals surface area contributed by atoms with Crippen molar-refractivity contribution < 1.29 is 23.4 Å². The average molecular weight is 293 g/mol. The second kappa shape index (κ2) is 5.49. The number of H-pyrrole nitrogens is 1. The number of halogens is 1. The summed E-state index contributed by atoms with van der Waals surface area (Å²) < 4.78 is 29.2. The smallest absolute Gasteiger partial charge is 0.361 e. The molecule has 110 valence electrons. The Morgan fingerprint density at radius 3 is 3.14 bits per heavy atom. The highest BCUT2D eigenvalue weighted by molar-refractivity contribution is 5.94. The maximum Gasteiger partial charge on any atom is 0.361 e. The van der Waals surface area contributed by atoms with E-state index in [-0.39, 0.29) is 31.4 Å². The molecule has 0 radical (unpaired) electrons. The first-order valence-corrected chi connectivity index (χ1v) is 6.32. The van der Waals surface area contributed by atoms with Gasteiger partial charge in [-0.2, -0.15) is 10.3 Å². The Morgan fingerprint density at radius 2 is 2.33 bits per heavy atom. The number of aromatic amines is 1. The molecule has 3 rings (SSSR count). The molecule has 21 heavy (non-hydrogen) atoms. The molecular formula is C13H12FN3O4. The van der Waals surface area contributed by atoms with Gasteiger partial charge in [0.25, 0.3) is 0 Å². The van der Waals surface area contributed by atoms with Crippen LogP contribution in [0.1, 0.15) is 23.0 Å². The second-order valence-electron chi connectivity index (χ2n) is 4.29. The van der Waals surface area contributed by atoms with Gasteiger partial charge in [0.1, 0.15) is 17.3 Å². The molecule has 0 unspecified atom stereocenters. The molecule has 2 aromatic rings. The molecule has 0 amide bonds. The lowest BCUT2D eigenvalue weighted by Gasteiger charge is -2.20. The lowest BCUT2D eigenvalue weighted by Crippen LogP contribution is -2.13. The van der Waals surface area contributed by atoms with E-state index in [1.165, 1.54) is 12.1 Å². The van der Waals surface area contributed by atoms with Crippen LogP contribution < -0.4 is 4.74 Å². The summed E-state index contributed by atoms with van der Waals surface area (Å²) in [5.74, 6) is -0.677. The van der Waals surface area contributed by atoms with E-state index in [4.69, 9.17) is 14.2 Å². The van der Waals surface area contributed by atoms with Crippen molar-refractivity contribution in [2.45, 2.75) is 13.5 Å². The van der Waals surface area contributed by atoms with E-state index in [2.05, 4.69) is 15.4 Å². The number of fused-ring (bicyclic) bond motifs is 1. The maximum absolute atomic E-state index is 13.7. The minimum absolute atomic E-state index is 0.0141. The van der Waals surface area contributed by atoms with Crippen molar-refractivity contribution in [1.29, 1.82) is 0 Å². The van der Waals surface area contributed by atoms with Crippen molar-refractivity contribution >= 4 is 5.97 Å². The first-order chi connectivity index (χ1) is 10.2. The molecule has 8 heteroatoms. The molecule has 7 nitrogen and oxygen atoms in total. The van der Waals surface area contributed by atoms with Gasteiger partial charge in [0, 0.05) is 5.56 Å². The summed E-state index contributed by atoms with van der Waals surface area (Å²) >= 11 is 0. The Labute approximate surface area is 119 Å². The van der Waals surface area contributed by atoms with Gasteiger partial charge in [-0.25, -0.2) is 9.18 Å². The molecule has 0 atom stereocenters. The van der Waals surface area contributed by atoms with Gasteiger partial charge < -0.3 is 14.2 Å². The molecule has 0 fully saturated rings. The topological polar surface area (TPSA) is 86.3 Å². The number of hydrogen-bond acceptors (Lipinski definition) is 6. The average Bonchev–Trinajstić information content (AvgIpc) is 2.96. The third kappa shape index (κ3) is 2.45. The third-order valence-electron chi connectivity index (χ3n) is 2.95. The lowest BCUT2D eigenvalue weighted by molar-refractivity contribution is -0.0161. The maximum atomic E-state index is 13.7. The van der Waals surface area contributed by atoms with Gasteiger partial charge >= 0.3 is 5.97 Å². The predicted molar refractivity (Wildman–Crippen MR) is 68.0 cm³/mol. The van der Waals surface area contributed by atoms with E-state index in [1.54, 1.807) is 6.92 Å². The summed E-state index contributed by atoms with van der Waals surface area (Å²) in [4.78, 5) is 11.8. The number of carbonyl (C=O) groups is 1. The van der Waals surface area contributed by atoms with Crippen LogP contribution in [-0.4, -0.2) is 34.8 Å². The number of aromatic nitrogens is 3. The van der Waals surface area contributed by atoms with Crippen LogP contribution in [0.25, 0.3) is 11.3 Å². The second-order valence-corrected chi connectivity index (χ2v) is 4.29. The first kappa shape index (κ1) is 13.5. The first-order valence-electron chi connectivity index (χ1n) is 6.32. The van der Waals surface area contributed by atoms with E-state index in [1.807, 2.05) is 0 Å². The Kier molecular flexibility index (Phi) is 3.53. The van der Waals surface area contributed by atoms with Crippen LogP contribution in [0.2, 0.25) is 0 Å². The molecule has 1 N–H and O–H groups in total. The summed E-state index contributed by atoms with van der Waals surface area (Å²) in [5, 5.41) is 10.0. The number of hydrogen-bond donors (Lipinski definition) is 1. The Bertz CT molecular complexity index is 686. The fourth-order valence-electron chi connectivity index (χ4n) is 2.12. The van der Waals surface area contributed by atoms with Crippen LogP contribution in [0.5, 0.6) is 5.75 Å². The van der Waals surface area contributed by atoms with Gasteiger partial charge in [0.05, 0.1) is 18.8 Å². The van der Waals surface area contributed by atoms with Gasteiger partial charge in [-0.15, -0.1) is 5.10 Å². The number of rotatable bonds is 3. The van der Waals surface area contributed by atoms with E-state index < -0.39 is 11.8 Å². The van der Waals surface area contributed by atoms with Crippen LogP contribution in [0.4, 0.5) is 4.39 Å². The highest BCUT2D eigenvalue weighted by atomic mass is 19.1. The van der Waals surface area contributed by atoms with Gasteiger partial charge in [-0.05, 0) is 19.1 Å².